The molecule has 2 amide bonds. The number of ether oxygens (including phenoxy) is 1. The normalized spacial score (nSPS) is 22.5. The van der Waals surface area contributed by atoms with Crippen molar-refractivity contribution in [2.75, 3.05) is 29.9 Å². The first-order valence-corrected chi connectivity index (χ1v) is 17.2. The van der Waals surface area contributed by atoms with Crippen molar-refractivity contribution in [1.29, 1.82) is 0 Å². The lowest BCUT2D eigenvalue weighted by atomic mass is 9.81. The van der Waals surface area contributed by atoms with Gasteiger partial charge in [0.15, 0.2) is 17.3 Å². The van der Waals surface area contributed by atoms with Crippen LogP contribution in [0.3, 0.4) is 0 Å². The predicted octanol–water partition coefficient (Wildman–Crippen LogP) is 3.53. The average Bonchev–Trinajstić information content (AvgIpc) is 3.69. The van der Waals surface area contributed by atoms with E-state index in [1.54, 1.807) is 16.4 Å². The molecule has 4 aromatic rings. The maximum absolute atomic E-state index is 14.6. The van der Waals surface area contributed by atoms with Crippen molar-refractivity contribution in [1.82, 2.24) is 34.0 Å². The predicted molar refractivity (Wildman–Crippen MR) is 181 cm³/mol. The Morgan fingerprint density at radius 1 is 1.08 bits per heavy atom. The van der Waals surface area contributed by atoms with Crippen LogP contribution in [-0.2, 0) is 20.5 Å². The number of nitrogens with one attached hydrogen (secondary N) is 1. The number of cyclic esters (lactones) is 1. The van der Waals surface area contributed by atoms with Crippen LogP contribution in [0.4, 0.5) is 24.5 Å². The quantitative estimate of drug-likeness (QED) is 0.287. The van der Waals surface area contributed by atoms with E-state index in [1.165, 1.54) is 25.4 Å². The summed E-state index contributed by atoms with van der Waals surface area (Å²) in [7, 11) is 0. The number of benzene rings is 1. The lowest BCUT2D eigenvalue weighted by molar-refractivity contribution is -0.138. The molecule has 2 N–H and O–H groups in total. The number of amides is 2. The zero-order chi connectivity index (χ0) is 37.5. The molecule has 2 fully saturated rings. The van der Waals surface area contributed by atoms with E-state index in [9.17, 15) is 37.5 Å². The highest BCUT2D eigenvalue weighted by Crippen LogP contribution is 2.45. The number of aryl methyl sites for hydroxylation is 2. The van der Waals surface area contributed by atoms with Crippen molar-refractivity contribution in [2.45, 2.75) is 76.7 Å². The van der Waals surface area contributed by atoms with Crippen LogP contribution in [0.2, 0.25) is 0 Å². The lowest BCUT2D eigenvalue weighted by Crippen LogP contribution is -2.67. The van der Waals surface area contributed by atoms with Crippen molar-refractivity contribution in [3.8, 4) is 5.75 Å². The second-order valence-corrected chi connectivity index (χ2v) is 13.9. The molecule has 6 heterocycles. The minimum absolute atomic E-state index is 0.0748. The summed E-state index contributed by atoms with van der Waals surface area (Å²) in [5.41, 5.74) is 0.594. The smallest absolute Gasteiger partial charge is 0.416 e. The highest BCUT2D eigenvalue weighted by molar-refractivity contribution is 5.96. The number of esters is 1. The van der Waals surface area contributed by atoms with E-state index < -0.39 is 41.1 Å². The first-order valence-electron chi connectivity index (χ1n) is 17.2. The summed E-state index contributed by atoms with van der Waals surface area (Å²) in [6.07, 6.45) is -0.203. The summed E-state index contributed by atoms with van der Waals surface area (Å²) >= 11 is 0. The Morgan fingerprint density at radius 2 is 1.85 bits per heavy atom. The fourth-order valence-corrected chi connectivity index (χ4v) is 7.91. The Bertz CT molecular complexity index is 2320. The molecule has 0 bridgehead atoms. The molecule has 0 radical (unpaired) electrons. The average molecular weight is 734 g/mol. The molecule has 0 unspecified atom stereocenters. The third-order valence-corrected chi connectivity index (χ3v) is 10.7. The van der Waals surface area contributed by atoms with Gasteiger partial charge in [-0.1, -0.05) is 6.92 Å². The second kappa shape index (κ2) is 12.4. The van der Waals surface area contributed by atoms with Crippen LogP contribution in [0.5, 0.6) is 5.75 Å². The molecule has 1 saturated heterocycles. The zero-order valence-electron chi connectivity index (χ0n) is 28.8. The van der Waals surface area contributed by atoms with E-state index in [0.717, 1.165) is 16.6 Å². The topological polar surface area (TPSA) is 177 Å². The second-order valence-electron chi connectivity index (χ2n) is 13.9. The van der Waals surface area contributed by atoms with Gasteiger partial charge in [0.2, 0.25) is 11.7 Å². The summed E-state index contributed by atoms with van der Waals surface area (Å²) in [6.45, 7) is 5.50. The van der Waals surface area contributed by atoms with Gasteiger partial charge in [-0.15, -0.1) is 5.10 Å². The van der Waals surface area contributed by atoms with Crippen LogP contribution >= 0.6 is 0 Å². The van der Waals surface area contributed by atoms with Gasteiger partial charge in [-0.2, -0.15) is 22.7 Å². The van der Waals surface area contributed by atoms with Gasteiger partial charge in [0.05, 0.1) is 29.6 Å². The van der Waals surface area contributed by atoms with Crippen LogP contribution < -0.4 is 15.8 Å². The van der Waals surface area contributed by atoms with E-state index in [4.69, 9.17) is 4.74 Å². The molecule has 1 aromatic carbocycles. The molecule has 18 heteroatoms. The van der Waals surface area contributed by atoms with E-state index in [2.05, 4.69) is 25.4 Å². The molecule has 4 atom stereocenters. The van der Waals surface area contributed by atoms with Crippen molar-refractivity contribution >= 4 is 40.5 Å². The summed E-state index contributed by atoms with van der Waals surface area (Å²) < 4.78 is 47.9. The SMILES string of the molecule is Cc1cc(C(F)(F)F)ccc1NC(=O)[C@H]1C[C@@H](C)c2c(N3CCN(C(=O)c4ncnc(C)c4O)[C@H]4CC[C@@H]43)c(=O)n3nc(C4=CC(=O)OCC4)nc3n21. The largest absolute Gasteiger partial charge is 0.504 e. The number of piperazine rings is 1. The number of fused-ring (bicyclic) bond motifs is 4. The van der Waals surface area contributed by atoms with Crippen LogP contribution in [0.1, 0.15) is 83.4 Å². The molecular formula is C35H34F3N9O6. The molecule has 15 nitrogen and oxygen atoms in total. The van der Waals surface area contributed by atoms with Crippen LogP contribution in [0.15, 0.2) is 35.4 Å². The van der Waals surface area contributed by atoms with Crippen molar-refractivity contribution < 1.29 is 37.4 Å². The van der Waals surface area contributed by atoms with Gasteiger partial charge >= 0.3 is 12.1 Å². The molecular weight excluding hydrogens is 699 g/mol. The molecule has 53 heavy (non-hydrogen) atoms. The van der Waals surface area contributed by atoms with Gasteiger partial charge in [0, 0.05) is 48.8 Å². The number of aromatic nitrogens is 6. The van der Waals surface area contributed by atoms with Gasteiger partial charge < -0.3 is 25.0 Å². The van der Waals surface area contributed by atoms with Crippen molar-refractivity contribution in [2.24, 2.45) is 0 Å². The number of anilines is 2. The lowest BCUT2D eigenvalue weighted by Gasteiger charge is -2.54. The van der Waals surface area contributed by atoms with E-state index in [0.29, 0.717) is 36.2 Å². The summed E-state index contributed by atoms with van der Waals surface area (Å²) in [5.74, 6) is -1.97. The Hall–Kier alpha value is -5.81. The zero-order valence-corrected chi connectivity index (χ0v) is 28.8. The fraction of sp³-hybridized carbons (Fsp3) is 0.429. The van der Waals surface area contributed by atoms with Gasteiger partial charge in [0.1, 0.15) is 18.1 Å². The summed E-state index contributed by atoms with van der Waals surface area (Å²) in [5, 5.41) is 17.9. The molecule has 0 spiro atoms. The maximum atomic E-state index is 14.6. The van der Waals surface area contributed by atoms with Gasteiger partial charge in [-0.3, -0.25) is 19.0 Å². The van der Waals surface area contributed by atoms with Crippen LogP contribution in [-0.4, -0.2) is 88.7 Å². The molecule has 3 aliphatic heterocycles. The molecule has 3 aromatic heterocycles. The highest BCUT2D eigenvalue weighted by Gasteiger charge is 2.49. The number of hydrogen-bond donors (Lipinski definition) is 2. The molecule has 1 saturated carbocycles. The standard InChI is InChI=1S/C35H34F3N9O6/c1-16-12-20(35(36,37)38)4-5-21(16)41-31(50)24-13-17(2)27-28(33(52)47-34(46(24)27)42-30(43-47)19-8-11-53-25(48)14-19)44-9-10-45(23-7-6-22(23)44)32(51)26-29(49)18(3)39-15-40-26/h4-5,12,14-15,17,22-24,49H,6-11,13H2,1-3H3,(H,41,50)/t17-,22+,23+,24-/m1/s1. The van der Waals surface area contributed by atoms with Crippen LogP contribution in [0, 0.1) is 13.8 Å². The minimum Gasteiger partial charge on any atom is -0.504 e. The van der Waals surface area contributed by atoms with E-state index in [-0.39, 0.29) is 84.1 Å². The van der Waals surface area contributed by atoms with Crippen molar-refractivity contribution in [3.63, 3.8) is 0 Å². The third-order valence-electron chi connectivity index (χ3n) is 10.7. The summed E-state index contributed by atoms with van der Waals surface area (Å²) in [6, 6.07) is 1.57. The number of nitrogens with zero attached hydrogens (tertiary/aromatic N) is 8. The molecule has 1 aliphatic carbocycles. The first-order chi connectivity index (χ1) is 25.2. The number of hydrogen-bond acceptors (Lipinski definition) is 11. The van der Waals surface area contributed by atoms with Crippen molar-refractivity contribution in [3.05, 3.63) is 75.0 Å². The summed E-state index contributed by atoms with van der Waals surface area (Å²) in [4.78, 5) is 70.8. The number of halogens is 3. The van der Waals surface area contributed by atoms with Gasteiger partial charge in [0.25, 0.3) is 11.5 Å². The number of carbonyl (C=O) groups is 3. The van der Waals surface area contributed by atoms with E-state index >= 15 is 0 Å². The van der Waals surface area contributed by atoms with Crippen LogP contribution in [0.25, 0.3) is 11.4 Å². The Morgan fingerprint density at radius 3 is 2.55 bits per heavy atom. The number of carbonyl (C=O) groups excluding carboxylic acids is 3. The Labute approximate surface area is 299 Å². The molecule has 4 aliphatic rings. The number of rotatable bonds is 5. The number of aromatic hydroxyl groups is 1. The molecule has 8 rings (SSSR count). The fourth-order valence-electron chi connectivity index (χ4n) is 7.91. The molecule has 276 valence electrons. The number of alkyl halides is 3. The minimum atomic E-state index is -4.55. The van der Waals surface area contributed by atoms with Gasteiger partial charge in [-0.05, 0) is 56.9 Å². The first kappa shape index (κ1) is 34.3. The maximum Gasteiger partial charge on any atom is 0.416 e. The highest BCUT2D eigenvalue weighted by atomic mass is 19.4. The van der Waals surface area contributed by atoms with Gasteiger partial charge in [-0.25, -0.2) is 14.8 Å². The monoisotopic (exact) mass is 733 g/mol. The third kappa shape index (κ3) is 5.58. The Balaban J connectivity index is 1.21. The van der Waals surface area contributed by atoms with E-state index in [1.807, 2.05) is 11.8 Å². The Kier molecular flexibility index (Phi) is 8.03.